The smallest absolute Gasteiger partial charge is 0.0351 e. The van der Waals surface area contributed by atoms with E-state index < -0.39 is 0 Å². The third kappa shape index (κ3) is 15.0. The molecule has 0 aliphatic carbocycles. The standard InChI is InChI=1S/C23H46/c1-7-8-9-10-11-13-16-21(4)17-14-12-15-18-22(5)23(6)19-20(2)3/h7-8,20-23H,9-19H2,1-6H3. The van der Waals surface area contributed by atoms with Gasteiger partial charge < -0.3 is 0 Å². The topological polar surface area (TPSA) is 0 Å². The highest BCUT2D eigenvalue weighted by Crippen LogP contribution is 2.25. The van der Waals surface area contributed by atoms with Gasteiger partial charge in [0.05, 0.1) is 0 Å². The highest BCUT2D eigenvalue weighted by Gasteiger charge is 2.13. The van der Waals surface area contributed by atoms with Crippen molar-refractivity contribution in [1.29, 1.82) is 0 Å². The van der Waals surface area contributed by atoms with Gasteiger partial charge in [-0.3, -0.25) is 0 Å². The predicted octanol–water partition coefficient (Wildman–Crippen LogP) is 8.42. The molecule has 0 amide bonds. The molecular formula is C23H46. The second kappa shape index (κ2) is 15.3. The molecule has 0 nitrogen and oxygen atoms in total. The van der Waals surface area contributed by atoms with Crippen molar-refractivity contribution in [1.82, 2.24) is 0 Å². The zero-order valence-corrected chi connectivity index (χ0v) is 17.2. The number of unbranched alkanes of at least 4 members (excludes halogenated alkanes) is 5. The lowest BCUT2D eigenvalue weighted by Crippen LogP contribution is -2.10. The van der Waals surface area contributed by atoms with E-state index in [4.69, 9.17) is 0 Å². The number of allylic oxidation sites excluding steroid dienone is 2. The molecule has 0 aliphatic rings. The predicted molar refractivity (Wildman–Crippen MR) is 108 cm³/mol. The van der Waals surface area contributed by atoms with E-state index in [0.29, 0.717) is 0 Å². The Morgan fingerprint density at radius 1 is 0.652 bits per heavy atom. The van der Waals surface area contributed by atoms with Crippen molar-refractivity contribution in [3.05, 3.63) is 12.2 Å². The van der Waals surface area contributed by atoms with E-state index in [0.717, 1.165) is 23.7 Å². The lowest BCUT2D eigenvalue weighted by molar-refractivity contribution is 0.299. The fourth-order valence-electron chi connectivity index (χ4n) is 3.64. The van der Waals surface area contributed by atoms with Gasteiger partial charge in [-0.05, 0) is 49.9 Å². The molecule has 0 saturated carbocycles. The summed E-state index contributed by atoms with van der Waals surface area (Å²) < 4.78 is 0. The van der Waals surface area contributed by atoms with E-state index in [9.17, 15) is 0 Å². The highest BCUT2D eigenvalue weighted by atomic mass is 14.2. The van der Waals surface area contributed by atoms with E-state index in [1.54, 1.807) is 0 Å². The molecule has 138 valence electrons. The zero-order valence-electron chi connectivity index (χ0n) is 17.2. The summed E-state index contributed by atoms with van der Waals surface area (Å²) in [5.74, 6) is 3.60. The fraction of sp³-hybridized carbons (Fsp3) is 0.913. The summed E-state index contributed by atoms with van der Waals surface area (Å²) in [5.41, 5.74) is 0. The Balaban J connectivity index is 3.45. The second-order valence-electron chi connectivity index (χ2n) is 8.53. The number of rotatable bonds is 15. The molecule has 3 unspecified atom stereocenters. The first-order valence-corrected chi connectivity index (χ1v) is 10.6. The summed E-state index contributed by atoms with van der Waals surface area (Å²) in [6.45, 7) is 14.2. The second-order valence-corrected chi connectivity index (χ2v) is 8.53. The van der Waals surface area contributed by atoms with Crippen LogP contribution in [0.5, 0.6) is 0 Å². The van der Waals surface area contributed by atoms with Crippen LogP contribution in [0.3, 0.4) is 0 Å². The summed E-state index contributed by atoms with van der Waals surface area (Å²) in [4.78, 5) is 0. The monoisotopic (exact) mass is 322 g/mol. The first kappa shape index (κ1) is 22.7. The Kier molecular flexibility index (Phi) is 15.1. The van der Waals surface area contributed by atoms with E-state index in [1.165, 1.54) is 70.6 Å². The van der Waals surface area contributed by atoms with Crippen molar-refractivity contribution >= 4 is 0 Å². The minimum absolute atomic E-state index is 0.853. The van der Waals surface area contributed by atoms with Gasteiger partial charge in [-0.2, -0.15) is 0 Å². The molecule has 0 rings (SSSR count). The molecule has 23 heavy (non-hydrogen) atoms. The minimum Gasteiger partial charge on any atom is -0.0917 e. The maximum Gasteiger partial charge on any atom is -0.0351 e. The molecule has 0 bridgehead atoms. The Hall–Kier alpha value is -0.260. The molecule has 0 fully saturated rings. The lowest BCUT2D eigenvalue weighted by Gasteiger charge is -2.21. The first-order chi connectivity index (χ1) is 11.0. The normalized spacial score (nSPS) is 16.1. The summed E-state index contributed by atoms with van der Waals surface area (Å²) in [6, 6.07) is 0. The van der Waals surface area contributed by atoms with Crippen LogP contribution in [0.1, 0.15) is 112 Å². The molecule has 0 aromatic heterocycles. The van der Waals surface area contributed by atoms with Gasteiger partial charge in [0.2, 0.25) is 0 Å². The Morgan fingerprint density at radius 2 is 1.22 bits per heavy atom. The fourth-order valence-corrected chi connectivity index (χ4v) is 3.64. The van der Waals surface area contributed by atoms with Crippen LogP contribution in [0.15, 0.2) is 12.2 Å². The number of hydrogen-bond donors (Lipinski definition) is 0. The van der Waals surface area contributed by atoms with E-state index in [-0.39, 0.29) is 0 Å². The van der Waals surface area contributed by atoms with Crippen molar-refractivity contribution in [3.8, 4) is 0 Å². The van der Waals surface area contributed by atoms with E-state index in [1.807, 2.05) is 0 Å². The molecule has 0 N–H and O–H groups in total. The van der Waals surface area contributed by atoms with Crippen molar-refractivity contribution in [3.63, 3.8) is 0 Å². The lowest BCUT2D eigenvalue weighted by atomic mass is 9.85. The summed E-state index contributed by atoms with van der Waals surface area (Å²) >= 11 is 0. The van der Waals surface area contributed by atoms with Crippen molar-refractivity contribution in [2.75, 3.05) is 0 Å². The van der Waals surface area contributed by atoms with Gasteiger partial charge in [-0.25, -0.2) is 0 Å². The largest absolute Gasteiger partial charge is 0.0917 e. The molecule has 0 aliphatic heterocycles. The summed E-state index contributed by atoms with van der Waals surface area (Å²) in [7, 11) is 0. The average molecular weight is 323 g/mol. The van der Waals surface area contributed by atoms with Gasteiger partial charge in [0, 0.05) is 0 Å². The van der Waals surface area contributed by atoms with Gasteiger partial charge in [0.1, 0.15) is 0 Å². The Bertz CT molecular complexity index is 263. The maximum absolute atomic E-state index is 2.46. The Morgan fingerprint density at radius 3 is 1.78 bits per heavy atom. The zero-order chi connectivity index (χ0) is 17.5. The number of hydrogen-bond acceptors (Lipinski definition) is 0. The molecule has 0 aromatic rings. The quantitative estimate of drug-likeness (QED) is 0.210. The van der Waals surface area contributed by atoms with E-state index >= 15 is 0 Å². The van der Waals surface area contributed by atoms with Crippen LogP contribution in [0, 0.1) is 23.7 Å². The van der Waals surface area contributed by atoms with Gasteiger partial charge >= 0.3 is 0 Å². The average Bonchev–Trinajstić information content (AvgIpc) is 2.49. The van der Waals surface area contributed by atoms with Gasteiger partial charge in [0.15, 0.2) is 0 Å². The van der Waals surface area contributed by atoms with Crippen molar-refractivity contribution < 1.29 is 0 Å². The molecule has 0 aromatic carbocycles. The molecular weight excluding hydrogens is 276 g/mol. The highest BCUT2D eigenvalue weighted by molar-refractivity contribution is 4.76. The van der Waals surface area contributed by atoms with Gasteiger partial charge in [0.25, 0.3) is 0 Å². The SMILES string of the molecule is CC=CCCCCCC(C)CCCCCC(C)C(C)CC(C)C. The van der Waals surface area contributed by atoms with Crippen molar-refractivity contribution in [2.24, 2.45) is 23.7 Å². The van der Waals surface area contributed by atoms with Crippen LogP contribution < -0.4 is 0 Å². The van der Waals surface area contributed by atoms with Gasteiger partial charge in [-0.1, -0.05) is 98.1 Å². The first-order valence-electron chi connectivity index (χ1n) is 10.6. The van der Waals surface area contributed by atoms with Gasteiger partial charge in [-0.15, -0.1) is 0 Å². The van der Waals surface area contributed by atoms with Crippen molar-refractivity contribution in [2.45, 2.75) is 112 Å². The molecule has 0 spiro atoms. The minimum atomic E-state index is 0.853. The van der Waals surface area contributed by atoms with Crippen LogP contribution in [-0.2, 0) is 0 Å². The summed E-state index contributed by atoms with van der Waals surface area (Å²) in [5, 5.41) is 0. The third-order valence-electron chi connectivity index (χ3n) is 5.47. The molecule has 3 atom stereocenters. The van der Waals surface area contributed by atoms with Crippen LogP contribution in [-0.4, -0.2) is 0 Å². The maximum atomic E-state index is 2.46. The van der Waals surface area contributed by atoms with Crippen LogP contribution in [0.25, 0.3) is 0 Å². The van der Waals surface area contributed by atoms with Crippen LogP contribution >= 0.6 is 0 Å². The molecule has 0 heterocycles. The Labute approximate surface area is 148 Å². The molecule has 0 radical (unpaired) electrons. The van der Waals surface area contributed by atoms with E-state index in [2.05, 4.69) is 53.7 Å². The van der Waals surface area contributed by atoms with Crippen LogP contribution in [0.2, 0.25) is 0 Å². The van der Waals surface area contributed by atoms with Crippen LogP contribution in [0.4, 0.5) is 0 Å². The molecule has 0 heteroatoms. The molecule has 0 saturated heterocycles. The third-order valence-corrected chi connectivity index (χ3v) is 5.47. The summed E-state index contributed by atoms with van der Waals surface area (Å²) in [6.07, 6.45) is 20.0.